The largest absolute Gasteiger partial charge is 0.327 e. The standard InChI is InChI=1S/C15H21N3/c1-3-11-5-7-12(8-6-11)15-10-14(17-18-15)9-13(16)4-2/h5-8,10,13H,3-4,9,16H2,1-2H3,(H,17,18). The van der Waals surface area contributed by atoms with E-state index >= 15 is 0 Å². The summed E-state index contributed by atoms with van der Waals surface area (Å²) in [6.45, 7) is 4.26. The minimum Gasteiger partial charge on any atom is -0.327 e. The third-order valence-electron chi connectivity index (χ3n) is 3.30. The van der Waals surface area contributed by atoms with Crippen molar-refractivity contribution in [2.45, 2.75) is 39.2 Å². The summed E-state index contributed by atoms with van der Waals surface area (Å²) >= 11 is 0. The number of H-pyrrole nitrogens is 1. The Morgan fingerprint density at radius 1 is 1.22 bits per heavy atom. The average molecular weight is 243 g/mol. The van der Waals surface area contributed by atoms with E-state index in [0.717, 1.165) is 36.2 Å². The van der Waals surface area contributed by atoms with E-state index < -0.39 is 0 Å². The van der Waals surface area contributed by atoms with Gasteiger partial charge in [-0.15, -0.1) is 0 Å². The van der Waals surface area contributed by atoms with Gasteiger partial charge < -0.3 is 5.73 Å². The highest BCUT2D eigenvalue weighted by Crippen LogP contribution is 2.19. The van der Waals surface area contributed by atoms with E-state index in [1.807, 2.05) is 0 Å². The minimum atomic E-state index is 0.209. The van der Waals surface area contributed by atoms with Crippen molar-refractivity contribution >= 4 is 0 Å². The summed E-state index contributed by atoms with van der Waals surface area (Å²) in [6.07, 6.45) is 2.91. The van der Waals surface area contributed by atoms with Crippen LogP contribution < -0.4 is 5.73 Å². The van der Waals surface area contributed by atoms with E-state index in [2.05, 4.69) is 54.4 Å². The molecule has 2 rings (SSSR count). The fraction of sp³-hybridized carbons (Fsp3) is 0.400. The fourth-order valence-corrected chi connectivity index (χ4v) is 1.95. The van der Waals surface area contributed by atoms with Gasteiger partial charge in [-0.1, -0.05) is 38.1 Å². The molecule has 0 amide bonds. The molecule has 3 N–H and O–H groups in total. The number of aryl methyl sites for hydroxylation is 1. The molecule has 96 valence electrons. The zero-order valence-electron chi connectivity index (χ0n) is 11.1. The molecule has 0 saturated heterocycles. The number of nitrogens with one attached hydrogen (secondary N) is 1. The summed E-state index contributed by atoms with van der Waals surface area (Å²) in [5.41, 5.74) is 10.6. The Bertz CT molecular complexity index is 485. The van der Waals surface area contributed by atoms with E-state index in [1.54, 1.807) is 0 Å². The molecule has 0 saturated carbocycles. The van der Waals surface area contributed by atoms with Gasteiger partial charge >= 0.3 is 0 Å². The van der Waals surface area contributed by atoms with Crippen molar-refractivity contribution in [3.05, 3.63) is 41.6 Å². The highest BCUT2D eigenvalue weighted by molar-refractivity contribution is 5.59. The number of nitrogens with zero attached hydrogens (tertiary/aromatic N) is 1. The van der Waals surface area contributed by atoms with Crippen LogP contribution in [-0.4, -0.2) is 16.2 Å². The summed E-state index contributed by atoms with van der Waals surface area (Å²) in [5, 5.41) is 7.42. The van der Waals surface area contributed by atoms with Crippen molar-refractivity contribution in [2.24, 2.45) is 5.73 Å². The SMILES string of the molecule is CCc1ccc(-c2cc(CC(N)CC)[nH]n2)cc1. The van der Waals surface area contributed by atoms with Gasteiger partial charge in [-0.3, -0.25) is 5.10 Å². The third kappa shape index (κ3) is 2.99. The molecule has 2 aromatic rings. The number of aromatic amines is 1. The number of rotatable bonds is 5. The van der Waals surface area contributed by atoms with Crippen LogP contribution in [0.1, 0.15) is 31.5 Å². The summed E-state index contributed by atoms with van der Waals surface area (Å²) in [6, 6.07) is 10.9. The first-order valence-electron chi connectivity index (χ1n) is 6.62. The lowest BCUT2D eigenvalue weighted by Gasteiger charge is -2.04. The number of benzene rings is 1. The van der Waals surface area contributed by atoms with Crippen LogP contribution in [0.5, 0.6) is 0 Å². The van der Waals surface area contributed by atoms with Gasteiger partial charge in [-0.25, -0.2) is 0 Å². The Hall–Kier alpha value is -1.61. The Morgan fingerprint density at radius 2 is 1.94 bits per heavy atom. The van der Waals surface area contributed by atoms with Crippen molar-refractivity contribution in [3.63, 3.8) is 0 Å². The highest BCUT2D eigenvalue weighted by Gasteiger charge is 2.07. The van der Waals surface area contributed by atoms with Crippen LogP contribution in [-0.2, 0) is 12.8 Å². The van der Waals surface area contributed by atoms with Crippen LogP contribution in [0.2, 0.25) is 0 Å². The predicted octanol–water partition coefficient (Wildman–Crippen LogP) is 2.92. The lowest BCUT2D eigenvalue weighted by atomic mass is 10.1. The van der Waals surface area contributed by atoms with Crippen molar-refractivity contribution in [1.82, 2.24) is 10.2 Å². The second-order valence-electron chi connectivity index (χ2n) is 4.70. The normalized spacial score (nSPS) is 12.6. The topological polar surface area (TPSA) is 54.7 Å². The van der Waals surface area contributed by atoms with Gasteiger partial charge in [0.1, 0.15) is 0 Å². The molecular weight excluding hydrogens is 222 g/mol. The molecule has 1 aromatic heterocycles. The maximum Gasteiger partial charge on any atom is 0.0923 e. The first-order chi connectivity index (χ1) is 8.72. The predicted molar refractivity (Wildman–Crippen MR) is 75.4 cm³/mol. The molecule has 0 fully saturated rings. The maximum atomic E-state index is 5.94. The van der Waals surface area contributed by atoms with Gasteiger partial charge in [0.15, 0.2) is 0 Å². The summed E-state index contributed by atoms with van der Waals surface area (Å²) in [7, 11) is 0. The number of nitrogens with two attached hydrogens (primary N) is 1. The lowest BCUT2D eigenvalue weighted by Crippen LogP contribution is -2.21. The molecule has 0 aliphatic rings. The van der Waals surface area contributed by atoms with Gasteiger partial charge in [0.2, 0.25) is 0 Å². The Labute approximate surface area is 108 Å². The molecule has 0 bridgehead atoms. The van der Waals surface area contributed by atoms with Gasteiger partial charge in [-0.2, -0.15) is 5.10 Å². The van der Waals surface area contributed by atoms with Crippen molar-refractivity contribution < 1.29 is 0 Å². The highest BCUT2D eigenvalue weighted by atomic mass is 15.1. The fourth-order valence-electron chi connectivity index (χ4n) is 1.95. The van der Waals surface area contributed by atoms with Gasteiger partial charge in [0.25, 0.3) is 0 Å². The van der Waals surface area contributed by atoms with E-state index in [1.165, 1.54) is 5.56 Å². The molecule has 3 nitrogen and oxygen atoms in total. The first kappa shape index (κ1) is 12.8. The van der Waals surface area contributed by atoms with Gasteiger partial charge in [0, 0.05) is 23.7 Å². The van der Waals surface area contributed by atoms with E-state index in [9.17, 15) is 0 Å². The van der Waals surface area contributed by atoms with Crippen molar-refractivity contribution in [1.29, 1.82) is 0 Å². The van der Waals surface area contributed by atoms with Crippen LogP contribution >= 0.6 is 0 Å². The zero-order chi connectivity index (χ0) is 13.0. The van der Waals surface area contributed by atoms with Gasteiger partial charge in [-0.05, 0) is 24.5 Å². The molecule has 0 spiro atoms. The number of hydrogen-bond donors (Lipinski definition) is 2. The second kappa shape index (κ2) is 5.83. The van der Waals surface area contributed by atoms with Crippen molar-refractivity contribution in [3.8, 4) is 11.3 Å². The Morgan fingerprint density at radius 3 is 2.56 bits per heavy atom. The smallest absolute Gasteiger partial charge is 0.0923 e. The second-order valence-corrected chi connectivity index (χ2v) is 4.70. The molecule has 1 aromatic carbocycles. The average Bonchev–Trinajstić information content (AvgIpc) is 2.87. The van der Waals surface area contributed by atoms with Crippen LogP contribution in [0, 0.1) is 0 Å². The minimum absolute atomic E-state index is 0.209. The molecule has 1 atom stereocenters. The monoisotopic (exact) mass is 243 g/mol. The van der Waals surface area contributed by atoms with Gasteiger partial charge in [0.05, 0.1) is 5.69 Å². The zero-order valence-corrected chi connectivity index (χ0v) is 11.1. The molecule has 1 heterocycles. The number of hydrogen-bond acceptors (Lipinski definition) is 2. The molecule has 0 radical (unpaired) electrons. The van der Waals surface area contributed by atoms with Crippen molar-refractivity contribution in [2.75, 3.05) is 0 Å². The molecule has 3 heteroatoms. The quantitative estimate of drug-likeness (QED) is 0.848. The molecule has 0 aliphatic carbocycles. The van der Waals surface area contributed by atoms with Crippen LogP contribution in [0.15, 0.2) is 30.3 Å². The van der Waals surface area contributed by atoms with Crippen LogP contribution in [0.3, 0.4) is 0 Å². The third-order valence-corrected chi connectivity index (χ3v) is 3.30. The van der Waals surface area contributed by atoms with E-state index in [4.69, 9.17) is 5.73 Å². The van der Waals surface area contributed by atoms with Crippen LogP contribution in [0.4, 0.5) is 0 Å². The van der Waals surface area contributed by atoms with E-state index in [0.29, 0.717) is 0 Å². The molecule has 0 aliphatic heterocycles. The molecular formula is C15H21N3. The maximum absolute atomic E-state index is 5.94. The van der Waals surface area contributed by atoms with Crippen LogP contribution in [0.25, 0.3) is 11.3 Å². The molecule has 1 unspecified atom stereocenters. The Balaban J connectivity index is 2.13. The first-order valence-corrected chi connectivity index (χ1v) is 6.62. The summed E-state index contributed by atoms with van der Waals surface area (Å²) < 4.78 is 0. The molecule has 18 heavy (non-hydrogen) atoms. The Kier molecular flexibility index (Phi) is 4.15. The summed E-state index contributed by atoms with van der Waals surface area (Å²) in [4.78, 5) is 0. The lowest BCUT2D eigenvalue weighted by molar-refractivity contribution is 0.635. The summed E-state index contributed by atoms with van der Waals surface area (Å²) in [5.74, 6) is 0. The number of aromatic nitrogens is 2. The van der Waals surface area contributed by atoms with E-state index in [-0.39, 0.29) is 6.04 Å².